The van der Waals surface area contributed by atoms with Crippen LogP contribution in [0.3, 0.4) is 0 Å². The summed E-state index contributed by atoms with van der Waals surface area (Å²) in [4.78, 5) is 10.1. The van der Waals surface area contributed by atoms with E-state index in [0.717, 1.165) is 12.8 Å². The normalized spacial score (nSPS) is 33.3. The highest BCUT2D eigenvalue weighted by Crippen LogP contribution is 2.49. The van der Waals surface area contributed by atoms with Gasteiger partial charge in [0.05, 0.1) is 13.2 Å². The second-order valence-corrected chi connectivity index (χ2v) is 9.80. The number of ether oxygens (including phenoxy) is 3. The fourth-order valence-corrected chi connectivity index (χ4v) is 5.18. The summed E-state index contributed by atoms with van der Waals surface area (Å²) in [6, 6.07) is 6.60. The molecule has 4 N–H and O–H groups in total. The van der Waals surface area contributed by atoms with Crippen LogP contribution in [-0.4, -0.2) is 70.4 Å². The molecule has 1 aromatic rings. The first-order chi connectivity index (χ1) is 12.8. The van der Waals surface area contributed by atoms with Crippen LogP contribution in [0.2, 0.25) is 0 Å². The molecule has 152 valence electrons. The molecule has 1 saturated heterocycles. The van der Waals surface area contributed by atoms with Crippen molar-refractivity contribution >= 4 is 7.37 Å². The Morgan fingerprint density at radius 1 is 1.07 bits per heavy atom. The molecule has 8 nitrogen and oxygen atoms in total. The van der Waals surface area contributed by atoms with Crippen LogP contribution in [0, 0.1) is 5.92 Å². The lowest BCUT2D eigenvalue weighted by Crippen LogP contribution is -2.59. The van der Waals surface area contributed by atoms with Gasteiger partial charge in [-0.05, 0) is 49.4 Å². The van der Waals surface area contributed by atoms with E-state index in [2.05, 4.69) is 0 Å². The van der Waals surface area contributed by atoms with Crippen LogP contribution in [0.1, 0.15) is 19.3 Å². The average Bonchev–Trinajstić information content (AvgIpc) is 3.45. The maximum atomic E-state index is 12.3. The Labute approximate surface area is 158 Å². The Hall–Kier alpha value is -1.15. The van der Waals surface area contributed by atoms with E-state index in [0.29, 0.717) is 17.4 Å². The van der Waals surface area contributed by atoms with Crippen LogP contribution < -0.4 is 9.47 Å². The summed E-state index contributed by atoms with van der Waals surface area (Å²) in [5, 5.41) is 30.4. The zero-order chi connectivity index (χ0) is 19.6. The molecule has 2 aliphatic rings. The number of aliphatic hydroxyl groups is 3. The van der Waals surface area contributed by atoms with Gasteiger partial charge in [0.25, 0.3) is 0 Å². The van der Waals surface area contributed by atoms with Crippen LogP contribution in [0.4, 0.5) is 0 Å². The fraction of sp³-hybridized carbons (Fsp3) is 0.667. The zero-order valence-corrected chi connectivity index (χ0v) is 16.1. The highest BCUT2D eigenvalue weighted by molar-refractivity contribution is 7.58. The lowest BCUT2D eigenvalue weighted by molar-refractivity contribution is -0.272. The molecule has 1 heterocycles. The molecule has 0 amide bonds. The van der Waals surface area contributed by atoms with Gasteiger partial charge in [0.15, 0.2) is 0 Å². The van der Waals surface area contributed by atoms with Crippen molar-refractivity contribution in [1.29, 1.82) is 0 Å². The number of rotatable bonds is 8. The quantitative estimate of drug-likeness (QED) is 0.474. The van der Waals surface area contributed by atoms with E-state index in [-0.39, 0.29) is 18.7 Å². The van der Waals surface area contributed by atoms with Crippen molar-refractivity contribution in [2.75, 3.05) is 19.4 Å². The van der Waals surface area contributed by atoms with E-state index in [9.17, 15) is 24.8 Å². The number of methoxy groups -OCH3 is 1. The Balaban J connectivity index is 1.61. The number of benzene rings is 1. The summed E-state index contributed by atoms with van der Waals surface area (Å²) in [6.45, 7) is 0. The molecule has 1 aliphatic carbocycles. The lowest BCUT2D eigenvalue weighted by Gasteiger charge is -2.40. The van der Waals surface area contributed by atoms with Crippen molar-refractivity contribution in [2.45, 2.75) is 50.0 Å². The van der Waals surface area contributed by atoms with Crippen LogP contribution in [0.5, 0.6) is 11.5 Å². The van der Waals surface area contributed by atoms with Crippen molar-refractivity contribution in [3.8, 4) is 11.5 Å². The minimum Gasteiger partial charge on any atom is -0.497 e. The van der Waals surface area contributed by atoms with Gasteiger partial charge >= 0.3 is 0 Å². The minimum atomic E-state index is -3.30. The maximum absolute atomic E-state index is 12.3. The van der Waals surface area contributed by atoms with E-state index >= 15 is 0 Å². The summed E-state index contributed by atoms with van der Waals surface area (Å²) in [5.74, 6) is 1.34. The van der Waals surface area contributed by atoms with Crippen molar-refractivity contribution < 1.29 is 39.0 Å². The molecule has 1 saturated carbocycles. The van der Waals surface area contributed by atoms with E-state index in [4.69, 9.17) is 14.2 Å². The molecule has 9 heteroatoms. The van der Waals surface area contributed by atoms with Gasteiger partial charge in [-0.25, -0.2) is 0 Å². The van der Waals surface area contributed by atoms with Crippen LogP contribution in [0.15, 0.2) is 24.3 Å². The zero-order valence-electron chi connectivity index (χ0n) is 15.2. The van der Waals surface area contributed by atoms with Gasteiger partial charge in [0.2, 0.25) is 13.7 Å². The largest absolute Gasteiger partial charge is 0.497 e. The Kier molecular flexibility index (Phi) is 6.46. The summed E-state index contributed by atoms with van der Waals surface area (Å²) < 4.78 is 28.5. The lowest BCUT2D eigenvalue weighted by atomic mass is 9.97. The van der Waals surface area contributed by atoms with E-state index < -0.39 is 38.1 Å². The predicted octanol–water partition coefficient (Wildman–Crippen LogP) is 0.952. The van der Waals surface area contributed by atoms with E-state index in [1.54, 1.807) is 24.3 Å². The molecule has 0 radical (unpaired) electrons. The molecule has 2 unspecified atom stereocenters. The molecule has 1 aromatic carbocycles. The summed E-state index contributed by atoms with van der Waals surface area (Å²) in [5.41, 5.74) is 0. The fourth-order valence-electron chi connectivity index (χ4n) is 3.17. The van der Waals surface area contributed by atoms with Crippen LogP contribution in [0.25, 0.3) is 0 Å². The SMILES string of the molecule is COc1ccc(OC2O[C@H](CCP(=O)(O)CC3CC3)[C@@H](O)[C@H](O)[C@@H]2O)cc1. The molecular formula is C18H27O8P. The van der Waals surface area contributed by atoms with Crippen molar-refractivity contribution in [3.05, 3.63) is 24.3 Å². The number of hydrogen-bond donors (Lipinski definition) is 4. The van der Waals surface area contributed by atoms with Gasteiger partial charge in [-0.15, -0.1) is 0 Å². The molecule has 0 aromatic heterocycles. The monoisotopic (exact) mass is 402 g/mol. The molecule has 1 aliphatic heterocycles. The molecule has 0 bridgehead atoms. The smallest absolute Gasteiger partial charge is 0.229 e. The van der Waals surface area contributed by atoms with Gasteiger partial charge < -0.3 is 34.4 Å². The summed E-state index contributed by atoms with van der Waals surface area (Å²) >= 11 is 0. The van der Waals surface area contributed by atoms with Gasteiger partial charge in [-0.3, -0.25) is 4.57 Å². The van der Waals surface area contributed by atoms with Gasteiger partial charge in [-0.1, -0.05) is 0 Å². The predicted molar refractivity (Wildman–Crippen MR) is 97.2 cm³/mol. The molecule has 6 atom stereocenters. The highest BCUT2D eigenvalue weighted by atomic mass is 31.2. The Bertz CT molecular complexity index is 662. The Morgan fingerprint density at radius 2 is 1.70 bits per heavy atom. The van der Waals surface area contributed by atoms with Crippen LogP contribution >= 0.6 is 7.37 Å². The second-order valence-electron chi connectivity index (χ2n) is 7.29. The molecule has 27 heavy (non-hydrogen) atoms. The summed E-state index contributed by atoms with van der Waals surface area (Å²) in [6.07, 6.45) is -4.08. The Morgan fingerprint density at radius 3 is 2.30 bits per heavy atom. The molecule has 2 fully saturated rings. The van der Waals surface area contributed by atoms with E-state index in [1.165, 1.54) is 7.11 Å². The van der Waals surface area contributed by atoms with Crippen LogP contribution in [-0.2, 0) is 9.30 Å². The topological polar surface area (TPSA) is 126 Å². The first-order valence-corrected chi connectivity index (χ1v) is 11.1. The third-order valence-corrected chi connectivity index (χ3v) is 7.03. The number of hydrogen-bond acceptors (Lipinski definition) is 7. The second kappa shape index (κ2) is 8.47. The van der Waals surface area contributed by atoms with Gasteiger partial charge in [-0.2, -0.15) is 0 Å². The molecule has 0 spiro atoms. The summed E-state index contributed by atoms with van der Waals surface area (Å²) in [7, 11) is -1.76. The molecular weight excluding hydrogens is 375 g/mol. The first kappa shape index (κ1) is 20.6. The third kappa shape index (κ3) is 5.44. The maximum Gasteiger partial charge on any atom is 0.229 e. The van der Waals surface area contributed by atoms with Crippen molar-refractivity contribution in [2.24, 2.45) is 5.92 Å². The molecule has 3 rings (SSSR count). The van der Waals surface area contributed by atoms with Gasteiger partial charge in [0, 0.05) is 12.3 Å². The third-order valence-electron chi connectivity index (χ3n) is 4.98. The average molecular weight is 402 g/mol. The first-order valence-electron chi connectivity index (χ1n) is 9.10. The standard InChI is InChI=1S/C18H27O8P/c1-24-12-4-6-13(7-5-12)25-18-17(21)16(20)15(19)14(26-18)8-9-27(22,23)10-11-2-3-11/h4-7,11,14-21H,2-3,8-10H2,1H3,(H,22,23)/t14-,15-,16+,17+,18?/m1/s1. The number of aliphatic hydroxyl groups excluding tert-OH is 3. The van der Waals surface area contributed by atoms with Crippen molar-refractivity contribution in [3.63, 3.8) is 0 Å². The van der Waals surface area contributed by atoms with Gasteiger partial charge in [0.1, 0.15) is 29.8 Å². The van der Waals surface area contributed by atoms with E-state index in [1.807, 2.05) is 0 Å². The highest BCUT2D eigenvalue weighted by Gasteiger charge is 2.45. The minimum absolute atomic E-state index is 0.0106. The van der Waals surface area contributed by atoms with Crippen molar-refractivity contribution in [1.82, 2.24) is 0 Å².